The lowest BCUT2D eigenvalue weighted by molar-refractivity contribution is -0.119. The summed E-state index contributed by atoms with van der Waals surface area (Å²) < 4.78 is 0. The van der Waals surface area contributed by atoms with E-state index >= 15 is 0 Å². The number of nitrogens with one attached hydrogen (secondary N) is 2. The van der Waals surface area contributed by atoms with Crippen LogP contribution in [0.25, 0.3) is 10.8 Å². The summed E-state index contributed by atoms with van der Waals surface area (Å²) in [7, 11) is 2.03. The van der Waals surface area contributed by atoms with E-state index in [9.17, 15) is 9.59 Å². The Morgan fingerprint density at radius 3 is 2.61 bits per heavy atom. The Kier molecular flexibility index (Phi) is 6.05. The molecule has 2 atom stereocenters. The van der Waals surface area contributed by atoms with Gasteiger partial charge >= 0.3 is 0 Å². The average molecular weight is 416 g/mol. The van der Waals surface area contributed by atoms with Gasteiger partial charge in [-0.15, -0.1) is 0 Å². The van der Waals surface area contributed by atoms with E-state index in [1.165, 1.54) is 0 Å². The minimum atomic E-state index is -0.148. The standard InChI is InChI=1S/C26H29N3O2/c1-17-11-12-21(28-25(30)20-13-14-29(3)16-20)15-24(17)26(31)27-18(2)22-10-6-8-19-7-4-5-9-23(19)22/h4-12,15,18,20H,13-14,16H2,1-3H3,(H,27,31)(H,28,30)/t18-,20?/m1/s1. The molecule has 0 spiro atoms. The van der Waals surface area contributed by atoms with Crippen molar-refractivity contribution >= 4 is 28.3 Å². The molecule has 1 fully saturated rings. The second kappa shape index (κ2) is 8.90. The van der Waals surface area contributed by atoms with Gasteiger partial charge in [0.2, 0.25) is 5.91 Å². The largest absolute Gasteiger partial charge is 0.345 e. The molecule has 1 unspecified atom stereocenters. The van der Waals surface area contributed by atoms with Crippen LogP contribution in [-0.4, -0.2) is 36.9 Å². The predicted molar refractivity (Wildman–Crippen MR) is 125 cm³/mol. The van der Waals surface area contributed by atoms with E-state index in [4.69, 9.17) is 0 Å². The van der Waals surface area contributed by atoms with Crippen molar-refractivity contribution in [3.63, 3.8) is 0 Å². The van der Waals surface area contributed by atoms with E-state index in [1.807, 2.05) is 51.2 Å². The predicted octanol–water partition coefficient (Wildman–Crippen LogP) is 4.53. The number of hydrogen-bond acceptors (Lipinski definition) is 3. The van der Waals surface area contributed by atoms with Gasteiger partial charge in [0.15, 0.2) is 0 Å². The Morgan fingerprint density at radius 1 is 1.06 bits per heavy atom. The zero-order valence-electron chi connectivity index (χ0n) is 18.3. The van der Waals surface area contributed by atoms with E-state index in [2.05, 4.69) is 39.8 Å². The number of likely N-dealkylation sites (tertiary alicyclic amines) is 1. The summed E-state index contributed by atoms with van der Waals surface area (Å²) in [6.45, 7) is 5.62. The molecule has 1 aliphatic heterocycles. The first-order chi connectivity index (χ1) is 14.9. The quantitative estimate of drug-likeness (QED) is 0.644. The zero-order valence-corrected chi connectivity index (χ0v) is 18.3. The second-order valence-corrected chi connectivity index (χ2v) is 8.53. The molecule has 4 rings (SSSR count). The normalized spacial score (nSPS) is 17.5. The van der Waals surface area contributed by atoms with Gasteiger partial charge in [-0.05, 0) is 67.9 Å². The highest BCUT2D eigenvalue weighted by atomic mass is 16.2. The number of carbonyl (C=O) groups excluding carboxylic acids is 2. The maximum absolute atomic E-state index is 13.1. The number of aryl methyl sites for hydroxylation is 1. The lowest BCUT2D eigenvalue weighted by atomic mass is 9.99. The topological polar surface area (TPSA) is 61.4 Å². The van der Waals surface area contributed by atoms with Crippen LogP contribution >= 0.6 is 0 Å². The molecule has 1 saturated heterocycles. The smallest absolute Gasteiger partial charge is 0.252 e. The van der Waals surface area contributed by atoms with Crippen LogP contribution in [0.15, 0.2) is 60.7 Å². The van der Waals surface area contributed by atoms with Gasteiger partial charge in [0.05, 0.1) is 12.0 Å². The number of fused-ring (bicyclic) bond motifs is 1. The van der Waals surface area contributed by atoms with Gasteiger partial charge in [-0.3, -0.25) is 9.59 Å². The molecule has 2 amide bonds. The van der Waals surface area contributed by atoms with E-state index in [0.29, 0.717) is 11.3 Å². The van der Waals surface area contributed by atoms with Gasteiger partial charge in [-0.2, -0.15) is 0 Å². The van der Waals surface area contributed by atoms with Crippen LogP contribution in [0.3, 0.4) is 0 Å². The van der Waals surface area contributed by atoms with Gasteiger partial charge in [-0.1, -0.05) is 48.5 Å². The molecule has 1 heterocycles. The highest BCUT2D eigenvalue weighted by Crippen LogP contribution is 2.25. The summed E-state index contributed by atoms with van der Waals surface area (Å²) in [5, 5.41) is 8.41. The van der Waals surface area contributed by atoms with Crippen LogP contribution in [0.2, 0.25) is 0 Å². The van der Waals surface area contributed by atoms with E-state index in [-0.39, 0.29) is 23.8 Å². The maximum atomic E-state index is 13.1. The molecule has 0 aliphatic carbocycles. The molecule has 160 valence electrons. The molecule has 0 saturated carbocycles. The number of benzene rings is 3. The highest BCUT2D eigenvalue weighted by Gasteiger charge is 2.26. The lowest BCUT2D eigenvalue weighted by Gasteiger charge is -2.18. The molecule has 5 nitrogen and oxygen atoms in total. The van der Waals surface area contributed by atoms with Crippen molar-refractivity contribution in [1.29, 1.82) is 0 Å². The maximum Gasteiger partial charge on any atom is 0.252 e. The van der Waals surface area contributed by atoms with E-state index in [0.717, 1.165) is 41.4 Å². The summed E-state index contributed by atoms with van der Waals surface area (Å²) in [6, 6.07) is 19.7. The third-order valence-corrected chi connectivity index (χ3v) is 6.15. The fraction of sp³-hybridized carbons (Fsp3) is 0.308. The molecule has 2 N–H and O–H groups in total. The van der Waals surface area contributed by atoms with Crippen LogP contribution in [0, 0.1) is 12.8 Å². The van der Waals surface area contributed by atoms with Crippen molar-refractivity contribution in [1.82, 2.24) is 10.2 Å². The molecule has 3 aromatic carbocycles. The van der Waals surface area contributed by atoms with Crippen molar-refractivity contribution in [2.45, 2.75) is 26.3 Å². The summed E-state index contributed by atoms with van der Waals surface area (Å²) >= 11 is 0. The number of amides is 2. The van der Waals surface area contributed by atoms with Gasteiger partial charge in [0.1, 0.15) is 0 Å². The third-order valence-electron chi connectivity index (χ3n) is 6.15. The third kappa shape index (κ3) is 4.62. The van der Waals surface area contributed by atoms with Crippen LogP contribution < -0.4 is 10.6 Å². The summed E-state index contributed by atoms with van der Waals surface area (Å²) in [4.78, 5) is 27.8. The van der Waals surface area contributed by atoms with E-state index in [1.54, 1.807) is 6.07 Å². The average Bonchev–Trinajstić information content (AvgIpc) is 3.21. The molecule has 0 radical (unpaired) electrons. The van der Waals surface area contributed by atoms with Crippen LogP contribution in [0.1, 0.15) is 40.9 Å². The van der Waals surface area contributed by atoms with Crippen molar-refractivity contribution in [2.75, 3.05) is 25.5 Å². The minimum Gasteiger partial charge on any atom is -0.345 e. The van der Waals surface area contributed by atoms with Crippen LogP contribution in [0.5, 0.6) is 0 Å². The molecular formula is C26H29N3O2. The molecule has 0 bridgehead atoms. The Labute approximate surface area is 183 Å². The second-order valence-electron chi connectivity index (χ2n) is 8.53. The van der Waals surface area contributed by atoms with Crippen molar-refractivity contribution in [2.24, 2.45) is 5.92 Å². The number of nitrogens with zero attached hydrogens (tertiary/aromatic N) is 1. The van der Waals surface area contributed by atoms with Crippen molar-refractivity contribution in [3.8, 4) is 0 Å². The van der Waals surface area contributed by atoms with Crippen LogP contribution in [0.4, 0.5) is 5.69 Å². The summed E-state index contributed by atoms with van der Waals surface area (Å²) in [6.07, 6.45) is 0.865. The molecule has 0 aromatic heterocycles. The number of hydrogen-bond donors (Lipinski definition) is 2. The highest BCUT2D eigenvalue weighted by molar-refractivity contribution is 5.99. The molecular weight excluding hydrogens is 386 g/mol. The monoisotopic (exact) mass is 415 g/mol. The number of rotatable bonds is 5. The number of anilines is 1. The SMILES string of the molecule is Cc1ccc(NC(=O)C2CCN(C)C2)cc1C(=O)N[C@H](C)c1cccc2ccccc12. The van der Waals surface area contributed by atoms with E-state index < -0.39 is 0 Å². The Hall–Kier alpha value is -3.18. The minimum absolute atomic E-state index is 0.00466. The Bertz CT molecular complexity index is 1120. The zero-order chi connectivity index (χ0) is 22.0. The van der Waals surface area contributed by atoms with Crippen molar-refractivity contribution < 1.29 is 9.59 Å². The van der Waals surface area contributed by atoms with Gasteiger partial charge in [0.25, 0.3) is 5.91 Å². The fourth-order valence-corrected chi connectivity index (χ4v) is 4.32. The Morgan fingerprint density at radius 2 is 1.84 bits per heavy atom. The summed E-state index contributed by atoms with van der Waals surface area (Å²) in [5.41, 5.74) is 3.20. The molecule has 5 heteroatoms. The Balaban J connectivity index is 1.50. The lowest BCUT2D eigenvalue weighted by Crippen LogP contribution is -2.28. The fourth-order valence-electron chi connectivity index (χ4n) is 4.32. The van der Waals surface area contributed by atoms with Crippen LogP contribution in [-0.2, 0) is 4.79 Å². The first-order valence-corrected chi connectivity index (χ1v) is 10.8. The first-order valence-electron chi connectivity index (χ1n) is 10.8. The number of carbonyl (C=O) groups is 2. The summed E-state index contributed by atoms with van der Waals surface area (Å²) in [5.74, 6) is -0.131. The molecule has 3 aromatic rings. The van der Waals surface area contributed by atoms with Crippen molar-refractivity contribution in [3.05, 3.63) is 77.4 Å². The van der Waals surface area contributed by atoms with Gasteiger partial charge in [-0.25, -0.2) is 0 Å². The first kappa shape index (κ1) is 21.1. The molecule has 1 aliphatic rings. The molecule has 31 heavy (non-hydrogen) atoms. The van der Waals surface area contributed by atoms with Gasteiger partial charge < -0.3 is 15.5 Å². The van der Waals surface area contributed by atoms with Gasteiger partial charge in [0, 0.05) is 17.8 Å².